The molecule has 6 heteroatoms. The van der Waals surface area contributed by atoms with Crippen molar-refractivity contribution >= 4 is 33.2 Å². The number of hydrogen-bond acceptors (Lipinski definition) is 1. The lowest BCUT2D eigenvalue weighted by molar-refractivity contribution is -0.137. The Balaban J connectivity index is 2.17. The van der Waals surface area contributed by atoms with E-state index in [0.29, 0.717) is 5.02 Å². The molecule has 1 unspecified atom stereocenters. The first-order chi connectivity index (χ1) is 9.79. The molecule has 21 heavy (non-hydrogen) atoms. The maximum Gasteiger partial charge on any atom is 0.416 e. The standard InChI is InChI=1S/C15H12BrClF3N/c1-9(21-13-4-2-3-12(17)14(13)16)10-5-7-11(8-6-10)15(18,19)20/h2-9,21H,1H3. The molecule has 0 aliphatic rings. The van der Waals surface area contributed by atoms with Crippen LogP contribution in [0.1, 0.15) is 24.1 Å². The van der Waals surface area contributed by atoms with E-state index in [1.54, 1.807) is 12.1 Å². The molecular weight excluding hydrogens is 367 g/mol. The molecule has 0 aliphatic carbocycles. The van der Waals surface area contributed by atoms with Gasteiger partial charge in [-0.25, -0.2) is 0 Å². The predicted molar refractivity (Wildman–Crippen MR) is 82.6 cm³/mol. The zero-order valence-electron chi connectivity index (χ0n) is 11.0. The van der Waals surface area contributed by atoms with Gasteiger partial charge >= 0.3 is 6.18 Å². The van der Waals surface area contributed by atoms with E-state index in [9.17, 15) is 13.2 Å². The molecule has 0 fully saturated rings. The molecule has 112 valence electrons. The molecule has 0 aliphatic heterocycles. The first-order valence-electron chi connectivity index (χ1n) is 6.16. The zero-order chi connectivity index (χ0) is 15.6. The maximum atomic E-state index is 12.5. The summed E-state index contributed by atoms with van der Waals surface area (Å²) >= 11 is 9.38. The minimum Gasteiger partial charge on any atom is -0.378 e. The highest BCUT2D eigenvalue weighted by Gasteiger charge is 2.30. The van der Waals surface area contributed by atoms with E-state index in [-0.39, 0.29) is 6.04 Å². The number of benzene rings is 2. The van der Waals surface area contributed by atoms with Crippen molar-refractivity contribution in [3.05, 3.63) is 63.1 Å². The molecule has 0 saturated carbocycles. The summed E-state index contributed by atoms with van der Waals surface area (Å²) in [6, 6.07) is 10.4. The largest absolute Gasteiger partial charge is 0.416 e. The van der Waals surface area contributed by atoms with Crippen LogP contribution in [0.2, 0.25) is 5.02 Å². The van der Waals surface area contributed by atoms with E-state index in [4.69, 9.17) is 11.6 Å². The number of hydrogen-bond donors (Lipinski definition) is 1. The molecule has 2 aromatic carbocycles. The summed E-state index contributed by atoms with van der Waals surface area (Å²) in [4.78, 5) is 0. The Morgan fingerprint density at radius 2 is 1.71 bits per heavy atom. The summed E-state index contributed by atoms with van der Waals surface area (Å²) in [6.07, 6.45) is -4.31. The van der Waals surface area contributed by atoms with Gasteiger partial charge in [-0.15, -0.1) is 0 Å². The van der Waals surface area contributed by atoms with E-state index >= 15 is 0 Å². The molecular formula is C15H12BrClF3N. The lowest BCUT2D eigenvalue weighted by atomic mass is 10.1. The monoisotopic (exact) mass is 377 g/mol. The molecule has 0 saturated heterocycles. The van der Waals surface area contributed by atoms with Gasteiger partial charge in [0.25, 0.3) is 0 Å². The van der Waals surface area contributed by atoms with Crippen molar-refractivity contribution in [3.8, 4) is 0 Å². The number of nitrogens with one attached hydrogen (secondary N) is 1. The van der Waals surface area contributed by atoms with Crippen LogP contribution in [0, 0.1) is 0 Å². The van der Waals surface area contributed by atoms with Gasteiger partial charge in [-0.3, -0.25) is 0 Å². The van der Waals surface area contributed by atoms with Crippen LogP contribution in [-0.4, -0.2) is 0 Å². The van der Waals surface area contributed by atoms with E-state index in [0.717, 1.165) is 27.9 Å². The summed E-state index contributed by atoms with van der Waals surface area (Å²) in [7, 11) is 0. The minimum absolute atomic E-state index is 0.151. The fourth-order valence-electron chi connectivity index (χ4n) is 1.89. The normalized spacial score (nSPS) is 13.0. The zero-order valence-corrected chi connectivity index (χ0v) is 13.4. The van der Waals surface area contributed by atoms with E-state index in [1.807, 2.05) is 13.0 Å². The maximum absolute atomic E-state index is 12.5. The van der Waals surface area contributed by atoms with Crippen LogP contribution in [0.15, 0.2) is 46.9 Å². The molecule has 2 rings (SSSR count). The fraction of sp³-hybridized carbons (Fsp3) is 0.200. The smallest absolute Gasteiger partial charge is 0.378 e. The van der Waals surface area contributed by atoms with Gasteiger partial charge in [0.05, 0.1) is 20.7 Å². The van der Waals surface area contributed by atoms with Gasteiger partial charge < -0.3 is 5.32 Å². The van der Waals surface area contributed by atoms with Gasteiger partial charge in [0.2, 0.25) is 0 Å². The van der Waals surface area contributed by atoms with Crippen molar-refractivity contribution in [2.45, 2.75) is 19.1 Å². The van der Waals surface area contributed by atoms with Crippen molar-refractivity contribution < 1.29 is 13.2 Å². The van der Waals surface area contributed by atoms with E-state index in [1.165, 1.54) is 12.1 Å². The lowest BCUT2D eigenvalue weighted by Gasteiger charge is -2.18. The van der Waals surface area contributed by atoms with Crippen molar-refractivity contribution in [2.75, 3.05) is 5.32 Å². The predicted octanol–water partition coefficient (Wildman–Crippen LogP) is 6.29. The van der Waals surface area contributed by atoms with Crippen molar-refractivity contribution in [1.82, 2.24) is 0 Å². The molecule has 0 aromatic heterocycles. The Hall–Kier alpha value is -1.20. The lowest BCUT2D eigenvalue weighted by Crippen LogP contribution is -2.09. The summed E-state index contributed by atoms with van der Waals surface area (Å²) in [5.74, 6) is 0. The Labute approximate surface area is 134 Å². The molecule has 0 spiro atoms. The van der Waals surface area contributed by atoms with Crippen LogP contribution in [0.4, 0.5) is 18.9 Å². The molecule has 1 N–H and O–H groups in total. The Morgan fingerprint density at radius 1 is 1.10 bits per heavy atom. The molecule has 0 bridgehead atoms. The van der Waals surface area contributed by atoms with Gasteiger partial charge in [0, 0.05) is 6.04 Å². The molecule has 2 aromatic rings. The van der Waals surface area contributed by atoms with E-state index < -0.39 is 11.7 Å². The third-order valence-corrected chi connectivity index (χ3v) is 4.46. The molecule has 0 amide bonds. The van der Waals surface area contributed by atoms with Crippen LogP contribution >= 0.6 is 27.5 Å². The van der Waals surface area contributed by atoms with Gasteiger partial charge in [-0.05, 0) is 52.7 Å². The average molecular weight is 379 g/mol. The third kappa shape index (κ3) is 3.92. The Kier molecular flexibility index (Phi) is 4.84. The summed E-state index contributed by atoms with van der Waals surface area (Å²) in [5, 5.41) is 3.78. The fourth-order valence-corrected chi connectivity index (χ4v) is 2.45. The summed E-state index contributed by atoms with van der Waals surface area (Å²) < 4.78 is 38.3. The van der Waals surface area contributed by atoms with Gasteiger partial charge in [0.15, 0.2) is 0 Å². The Morgan fingerprint density at radius 3 is 2.29 bits per heavy atom. The van der Waals surface area contributed by atoms with Crippen molar-refractivity contribution in [1.29, 1.82) is 0 Å². The molecule has 1 atom stereocenters. The average Bonchev–Trinajstić information content (AvgIpc) is 2.43. The van der Waals surface area contributed by atoms with E-state index in [2.05, 4.69) is 21.2 Å². The van der Waals surface area contributed by atoms with Crippen LogP contribution < -0.4 is 5.32 Å². The molecule has 1 nitrogen and oxygen atoms in total. The number of anilines is 1. The second-order valence-corrected chi connectivity index (χ2v) is 5.79. The first kappa shape index (κ1) is 16.2. The highest BCUT2D eigenvalue weighted by Crippen LogP contribution is 2.33. The van der Waals surface area contributed by atoms with Crippen molar-refractivity contribution in [3.63, 3.8) is 0 Å². The second-order valence-electron chi connectivity index (χ2n) is 4.59. The highest BCUT2D eigenvalue weighted by molar-refractivity contribution is 9.10. The van der Waals surface area contributed by atoms with Crippen LogP contribution in [0.5, 0.6) is 0 Å². The summed E-state index contributed by atoms with van der Waals surface area (Å²) in [5.41, 5.74) is 0.896. The number of halogens is 5. The van der Waals surface area contributed by atoms with Crippen LogP contribution in [0.3, 0.4) is 0 Å². The minimum atomic E-state index is -4.31. The second kappa shape index (κ2) is 6.28. The quantitative estimate of drug-likeness (QED) is 0.661. The number of alkyl halides is 3. The van der Waals surface area contributed by atoms with Gasteiger partial charge in [0.1, 0.15) is 0 Å². The molecule has 0 radical (unpaired) electrons. The molecule has 0 heterocycles. The summed E-state index contributed by atoms with van der Waals surface area (Å²) in [6.45, 7) is 1.87. The van der Waals surface area contributed by atoms with Crippen molar-refractivity contribution in [2.24, 2.45) is 0 Å². The SMILES string of the molecule is CC(Nc1cccc(Cl)c1Br)c1ccc(C(F)(F)F)cc1. The van der Waals surface area contributed by atoms with Crippen LogP contribution in [-0.2, 0) is 6.18 Å². The van der Waals surface area contributed by atoms with Gasteiger partial charge in [-0.2, -0.15) is 13.2 Å². The Bertz CT molecular complexity index is 626. The third-order valence-electron chi connectivity index (χ3n) is 3.06. The number of rotatable bonds is 3. The van der Waals surface area contributed by atoms with Crippen LogP contribution in [0.25, 0.3) is 0 Å². The first-order valence-corrected chi connectivity index (χ1v) is 7.34. The topological polar surface area (TPSA) is 12.0 Å². The van der Waals surface area contributed by atoms with Gasteiger partial charge in [-0.1, -0.05) is 29.8 Å². The highest BCUT2D eigenvalue weighted by atomic mass is 79.9.